The van der Waals surface area contributed by atoms with Gasteiger partial charge < -0.3 is 5.32 Å². The molecular formula is C12H15N3O. The standard InChI is InChI=1S/C12H15N3O/c1-3-12(4-2,9-13)15-11(16)10-7-5-6-8-14-10/h5-8H,3-4H2,1-2H3,(H,15,16). The van der Waals surface area contributed by atoms with Crippen molar-refractivity contribution in [2.75, 3.05) is 0 Å². The second kappa shape index (κ2) is 5.26. The molecule has 1 amide bonds. The van der Waals surface area contributed by atoms with Gasteiger partial charge in [-0.1, -0.05) is 19.9 Å². The van der Waals surface area contributed by atoms with Gasteiger partial charge in [0.1, 0.15) is 11.2 Å². The molecule has 0 saturated heterocycles. The molecule has 0 atom stereocenters. The van der Waals surface area contributed by atoms with Crippen LogP contribution in [0.3, 0.4) is 0 Å². The average molecular weight is 217 g/mol. The third-order valence-corrected chi connectivity index (χ3v) is 2.67. The monoisotopic (exact) mass is 217 g/mol. The summed E-state index contributed by atoms with van der Waals surface area (Å²) in [5.74, 6) is -0.300. The van der Waals surface area contributed by atoms with Gasteiger partial charge in [-0.2, -0.15) is 5.26 Å². The first kappa shape index (κ1) is 12.2. The number of nitrogens with one attached hydrogen (secondary N) is 1. The molecule has 1 aromatic rings. The first-order valence-electron chi connectivity index (χ1n) is 5.32. The van der Waals surface area contributed by atoms with Gasteiger partial charge in [0.15, 0.2) is 0 Å². The second-order valence-electron chi connectivity index (χ2n) is 3.57. The molecule has 0 aliphatic heterocycles. The van der Waals surface area contributed by atoms with Crippen LogP contribution in [0, 0.1) is 11.3 Å². The maximum absolute atomic E-state index is 11.8. The first-order valence-corrected chi connectivity index (χ1v) is 5.32. The van der Waals surface area contributed by atoms with Gasteiger partial charge in [0, 0.05) is 6.20 Å². The normalized spacial score (nSPS) is 10.6. The van der Waals surface area contributed by atoms with Crippen molar-refractivity contribution in [1.29, 1.82) is 5.26 Å². The lowest BCUT2D eigenvalue weighted by Crippen LogP contribution is -2.46. The summed E-state index contributed by atoms with van der Waals surface area (Å²) in [5, 5.41) is 11.8. The van der Waals surface area contributed by atoms with E-state index in [1.807, 2.05) is 13.8 Å². The number of nitriles is 1. The Kier molecular flexibility index (Phi) is 4.01. The highest BCUT2D eigenvalue weighted by molar-refractivity contribution is 5.92. The van der Waals surface area contributed by atoms with Gasteiger partial charge >= 0.3 is 0 Å². The Bertz CT molecular complexity index is 390. The van der Waals surface area contributed by atoms with E-state index in [-0.39, 0.29) is 5.91 Å². The molecule has 16 heavy (non-hydrogen) atoms. The minimum Gasteiger partial charge on any atom is -0.332 e. The van der Waals surface area contributed by atoms with Crippen LogP contribution in [0.15, 0.2) is 24.4 Å². The second-order valence-corrected chi connectivity index (χ2v) is 3.57. The van der Waals surface area contributed by atoms with E-state index in [0.29, 0.717) is 18.5 Å². The molecule has 0 aliphatic rings. The lowest BCUT2D eigenvalue weighted by Gasteiger charge is -2.24. The molecule has 0 bridgehead atoms. The van der Waals surface area contributed by atoms with E-state index in [1.54, 1.807) is 24.4 Å². The van der Waals surface area contributed by atoms with Crippen molar-refractivity contribution in [3.8, 4) is 6.07 Å². The van der Waals surface area contributed by atoms with E-state index < -0.39 is 5.54 Å². The third kappa shape index (κ3) is 2.57. The average Bonchev–Trinajstić information content (AvgIpc) is 2.37. The zero-order valence-corrected chi connectivity index (χ0v) is 9.53. The molecule has 0 unspecified atom stereocenters. The van der Waals surface area contributed by atoms with Gasteiger partial charge in [-0.05, 0) is 25.0 Å². The molecule has 1 aromatic heterocycles. The van der Waals surface area contributed by atoms with Crippen molar-refractivity contribution in [2.24, 2.45) is 0 Å². The van der Waals surface area contributed by atoms with Crippen molar-refractivity contribution >= 4 is 5.91 Å². The van der Waals surface area contributed by atoms with Crippen LogP contribution >= 0.6 is 0 Å². The Morgan fingerprint density at radius 3 is 2.62 bits per heavy atom. The Balaban J connectivity index is 2.82. The zero-order chi connectivity index (χ0) is 12.0. The molecule has 4 heteroatoms. The molecule has 0 aliphatic carbocycles. The SMILES string of the molecule is CCC(C#N)(CC)NC(=O)c1ccccn1. The van der Waals surface area contributed by atoms with Crippen LogP contribution in [-0.2, 0) is 0 Å². The number of carbonyl (C=O) groups is 1. The van der Waals surface area contributed by atoms with Gasteiger partial charge in [0.05, 0.1) is 6.07 Å². The quantitative estimate of drug-likeness (QED) is 0.837. The summed E-state index contributed by atoms with van der Waals surface area (Å²) in [7, 11) is 0. The minimum atomic E-state index is -0.783. The van der Waals surface area contributed by atoms with Crippen LogP contribution < -0.4 is 5.32 Å². The highest BCUT2D eigenvalue weighted by atomic mass is 16.2. The highest BCUT2D eigenvalue weighted by Crippen LogP contribution is 2.14. The summed E-state index contributed by atoms with van der Waals surface area (Å²) in [5.41, 5.74) is -0.446. The minimum absolute atomic E-state index is 0.300. The Morgan fingerprint density at radius 2 is 2.19 bits per heavy atom. The van der Waals surface area contributed by atoms with Crippen LogP contribution in [0.4, 0.5) is 0 Å². The van der Waals surface area contributed by atoms with Crippen LogP contribution in [0.25, 0.3) is 0 Å². The molecule has 1 rings (SSSR count). The lowest BCUT2D eigenvalue weighted by molar-refractivity contribution is 0.0910. The van der Waals surface area contributed by atoms with Crippen molar-refractivity contribution in [1.82, 2.24) is 10.3 Å². The fourth-order valence-corrected chi connectivity index (χ4v) is 1.39. The summed E-state index contributed by atoms with van der Waals surface area (Å²) in [6, 6.07) is 7.27. The van der Waals surface area contributed by atoms with Crippen LogP contribution in [0.5, 0.6) is 0 Å². The molecule has 0 spiro atoms. The predicted octanol–water partition coefficient (Wildman–Crippen LogP) is 1.89. The number of hydrogen-bond donors (Lipinski definition) is 1. The van der Waals surface area contributed by atoms with Crippen LogP contribution in [0.2, 0.25) is 0 Å². The van der Waals surface area contributed by atoms with Crippen LogP contribution in [0.1, 0.15) is 37.2 Å². The molecule has 4 nitrogen and oxygen atoms in total. The number of aromatic nitrogens is 1. The van der Waals surface area contributed by atoms with E-state index in [9.17, 15) is 4.79 Å². The van der Waals surface area contributed by atoms with Gasteiger partial charge in [-0.3, -0.25) is 9.78 Å². The van der Waals surface area contributed by atoms with Gasteiger partial charge in [-0.25, -0.2) is 0 Å². The fourth-order valence-electron chi connectivity index (χ4n) is 1.39. The molecule has 0 radical (unpaired) electrons. The molecule has 0 fully saturated rings. The maximum Gasteiger partial charge on any atom is 0.271 e. The number of amides is 1. The van der Waals surface area contributed by atoms with E-state index in [0.717, 1.165) is 0 Å². The van der Waals surface area contributed by atoms with Crippen molar-refractivity contribution < 1.29 is 4.79 Å². The fraction of sp³-hybridized carbons (Fsp3) is 0.417. The van der Waals surface area contributed by atoms with E-state index in [1.165, 1.54) is 0 Å². The topological polar surface area (TPSA) is 65.8 Å². The zero-order valence-electron chi connectivity index (χ0n) is 9.53. The first-order chi connectivity index (χ1) is 7.67. The van der Waals surface area contributed by atoms with E-state index in [4.69, 9.17) is 5.26 Å². The van der Waals surface area contributed by atoms with Crippen LogP contribution in [-0.4, -0.2) is 16.4 Å². The summed E-state index contributed by atoms with van der Waals surface area (Å²) >= 11 is 0. The summed E-state index contributed by atoms with van der Waals surface area (Å²) < 4.78 is 0. The largest absolute Gasteiger partial charge is 0.332 e. The number of hydrogen-bond acceptors (Lipinski definition) is 3. The predicted molar refractivity (Wildman–Crippen MR) is 60.6 cm³/mol. The van der Waals surface area contributed by atoms with E-state index >= 15 is 0 Å². The van der Waals surface area contributed by atoms with Gasteiger partial charge in [-0.15, -0.1) is 0 Å². The molecule has 0 saturated carbocycles. The number of nitrogens with zero attached hydrogens (tertiary/aromatic N) is 2. The van der Waals surface area contributed by atoms with Crippen molar-refractivity contribution in [3.63, 3.8) is 0 Å². The smallest absolute Gasteiger partial charge is 0.271 e. The van der Waals surface area contributed by atoms with Crippen molar-refractivity contribution in [3.05, 3.63) is 30.1 Å². The van der Waals surface area contributed by atoms with Gasteiger partial charge in [0.25, 0.3) is 5.91 Å². The maximum atomic E-state index is 11.8. The summed E-state index contributed by atoms with van der Waals surface area (Å²) in [6.07, 6.45) is 2.72. The van der Waals surface area contributed by atoms with Gasteiger partial charge in [0.2, 0.25) is 0 Å². The summed E-state index contributed by atoms with van der Waals surface area (Å²) in [6.45, 7) is 3.76. The highest BCUT2D eigenvalue weighted by Gasteiger charge is 2.28. The number of rotatable bonds is 4. The lowest BCUT2D eigenvalue weighted by atomic mass is 9.94. The molecule has 1 N–H and O–H groups in total. The van der Waals surface area contributed by atoms with E-state index in [2.05, 4.69) is 16.4 Å². The molecule has 84 valence electrons. The summed E-state index contributed by atoms with van der Waals surface area (Å²) in [4.78, 5) is 15.8. The Hall–Kier alpha value is -1.89. The number of pyridine rings is 1. The Morgan fingerprint density at radius 1 is 1.50 bits per heavy atom. The Labute approximate surface area is 95.3 Å². The molecule has 0 aromatic carbocycles. The molecule has 1 heterocycles. The molecular weight excluding hydrogens is 202 g/mol. The third-order valence-electron chi connectivity index (χ3n) is 2.67. The number of carbonyl (C=O) groups excluding carboxylic acids is 1. The van der Waals surface area contributed by atoms with Crippen molar-refractivity contribution in [2.45, 2.75) is 32.2 Å².